The summed E-state index contributed by atoms with van der Waals surface area (Å²) in [5.74, 6) is 5.04. The van der Waals surface area contributed by atoms with Crippen LogP contribution >= 0.6 is 23.2 Å². The third-order valence-corrected chi connectivity index (χ3v) is 2.66. The predicted octanol–water partition coefficient (Wildman–Crippen LogP) is 2.77. The van der Waals surface area contributed by atoms with Gasteiger partial charge in [-0.1, -0.05) is 23.2 Å². The van der Waals surface area contributed by atoms with Gasteiger partial charge in [0.05, 0.1) is 11.1 Å². The fourth-order valence-electron chi connectivity index (χ4n) is 1.32. The molecule has 20 heavy (non-hydrogen) atoms. The highest BCUT2D eigenvalue weighted by atomic mass is 35.5. The zero-order valence-corrected chi connectivity index (χ0v) is 11.2. The molecule has 0 spiro atoms. The Morgan fingerprint density at radius 3 is 2.80 bits per heavy atom. The second-order valence-corrected chi connectivity index (χ2v) is 4.31. The van der Waals surface area contributed by atoms with Gasteiger partial charge < -0.3 is 4.74 Å². The van der Waals surface area contributed by atoms with Crippen LogP contribution in [0.3, 0.4) is 0 Å². The largest absolute Gasteiger partial charge is 0.430 e. The van der Waals surface area contributed by atoms with Gasteiger partial charge in [0, 0.05) is 17.2 Å². The zero-order chi connectivity index (χ0) is 14.7. The molecule has 0 fully saturated rings. The summed E-state index contributed by atoms with van der Waals surface area (Å²) in [6.45, 7) is 0. The van der Waals surface area contributed by atoms with Gasteiger partial charge in [-0.2, -0.15) is 4.98 Å². The van der Waals surface area contributed by atoms with E-state index in [9.17, 15) is 10.1 Å². The van der Waals surface area contributed by atoms with Gasteiger partial charge in [0.15, 0.2) is 0 Å². The van der Waals surface area contributed by atoms with Crippen molar-refractivity contribution in [1.29, 1.82) is 0 Å². The maximum Gasteiger partial charge on any atom is 0.311 e. The van der Waals surface area contributed by atoms with Crippen molar-refractivity contribution in [3.8, 4) is 11.6 Å². The van der Waals surface area contributed by atoms with Crippen LogP contribution in [0.5, 0.6) is 11.6 Å². The molecule has 0 saturated heterocycles. The fraction of sp³-hybridized carbons (Fsp3) is 0. The van der Waals surface area contributed by atoms with E-state index in [2.05, 4.69) is 15.4 Å². The standard InChI is InChI=1S/C10H7Cl2N5O3/c11-5-1-2-7(17(18)19)8(3-5)20-9-6(12)4-14-10(15-9)16-13/h1-4H,13H2,(H,14,15,16). The van der Waals surface area contributed by atoms with E-state index in [4.69, 9.17) is 33.8 Å². The van der Waals surface area contributed by atoms with Crippen molar-refractivity contribution in [2.24, 2.45) is 5.84 Å². The van der Waals surface area contributed by atoms with Gasteiger partial charge >= 0.3 is 5.69 Å². The third kappa shape index (κ3) is 3.05. The van der Waals surface area contributed by atoms with Gasteiger partial charge in [-0.05, 0) is 6.07 Å². The Balaban J connectivity index is 2.43. The molecule has 0 amide bonds. The van der Waals surface area contributed by atoms with Gasteiger partial charge in [0.2, 0.25) is 17.6 Å². The lowest BCUT2D eigenvalue weighted by Crippen LogP contribution is -2.10. The number of aromatic nitrogens is 2. The summed E-state index contributed by atoms with van der Waals surface area (Å²) in [5.41, 5.74) is 1.94. The molecular weight excluding hydrogens is 309 g/mol. The lowest BCUT2D eigenvalue weighted by molar-refractivity contribution is -0.385. The lowest BCUT2D eigenvalue weighted by atomic mass is 10.3. The molecule has 0 aliphatic heterocycles. The van der Waals surface area contributed by atoms with Crippen molar-refractivity contribution in [3.05, 3.63) is 44.6 Å². The number of hydrogen-bond donors (Lipinski definition) is 2. The SMILES string of the molecule is NNc1ncc(Cl)c(Oc2cc(Cl)ccc2[N+](=O)[O-])n1. The zero-order valence-electron chi connectivity index (χ0n) is 9.71. The minimum Gasteiger partial charge on any atom is -0.430 e. The molecule has 1 aromatic heterocycles. The quantitative estimate of drug-likeness (QED) is 0.506. The minimum atomic E-state index is -0.608. The first kappa shape index (κ1) is 14.3. The van der Waals surface area contributed by atoms with E-state index >= 15 is 0 Å². The molecule has 2 rings (SSSR count). The summed E-state index contributed by atoms with van der Waals surface area (Å²) in [4.78, 5) is 17.9. The Bertz CT molecular complexity index is 667. The molecule has 0 aliphatic carbocycles. The molecule has 3 N–H and O–H groups in total. The van der Waals surface area contributed by atoms with Crippen molar-refractivity contribution in [3.63, 3.8) is 0 Å². The number of nitro benzene ring substituents is 1. The number of hydrazine groups is 1. The maximum atomic E-state index is 10.9. The third-order valence-electron chi connectivity index (χ3n) is 2.17. The van der Waals surface area contributed by atoms with E-state index in [1.54, 1.807) is 0 Å². The van der Waals surface area contributed by atoms with E-state index in [-0.39, 0.29) is 33.3 Å². The first-order valence-electron chi connectivity index (χ1n) is 5.12. The molecule has 104 valence electrons. The van der Waals surface area contributed by atoms with Gasteiger partial charge in [0.25, 0.3) is 0 Å². The number of hydrogen-bond acceptors (Lipinski definition) is 7. The Hall–Kier alpha value is -2.16. The number of nitrogens with one attached hydrogen (secondary N) is 1. The number of nitrogens with two attached hydrogens (primary N) is 1. The van der Waals surface area contributed by atoms with Crippen LogP contribution in [0.4, 0.5) is 11.6 Å². The van der Waals surface area contributed by atoms with Gasteiger partial charge in [-0.25, -0.2) is 10.8 Å². The molecule has 0 unspecified atom stereocenters. The van der Waals surface area contributed by atoms with Crippen molar-refractivity contribution in [1.82, 2.24) is 9.97 Å². The summed E-state index contributed by atoms with van der Waals surface area (Å²) >= 11 is 11.6. The average molecular weight is 316 g/mol. The monoisotopic (exact) mass is 315 g/mol. The van der Waals surface area contributed by atoms with Crippen LogP contribution in [-0.4, -0.2) is 14.9 Å². The highest BCUT2D eigenvalue weighted by Gasteiger charge is 2.18. The van der Waals surface area contributed by atoms with Crippen LogP contribution in [0.15, 0.2) is 24.4 Å². The molecular formula is C10H7Cl2N5O3. The van der Waals surface area contributed by atoms with Crippen LogP contribution in [0.1, 0.15) is 0 Å². The second-order valence-electron chi connectivity index (χ2n) is 3.46. The Labute approximate surface area is 122 Å². The number of halogens is 2. The van der Waals surface area contributed by atoms with E-state index < -0.39 is 4.92 Å². The lowest BCUT2D eigenvalue weighted by Gasteiger charge is -2.08. The normalized spacial score (nSPS) is 10.2. The average Bonchev–Trinajstić information content (AvgIpc) is 2.41. The van der Waals surface area contributed by atoms with Crippen molar-refractivity contribution in [2.75, 3.05) is 5.43 Å². The summed E-state index contributed by atoms with van der Waals surface area (Å²) in [7, 11) is 0. The molecule has 0 bridgehead atoms. The van der Waals surface area contributed by atoms with Gasteiger partial charge in [0.1, 0.15) is 5.02 Å². The second kappa shape index (κ2) is 5.87. The molecule has 2 aromatic rings. The van der Waals surface area contributed by atoms with Crippen LogP contribution in [0.25, 0.3) is 0 Å². The predicted molar refractivity (Wildman–Crippen MR) is 73.0 cm³/mol. The van der Waals surface area contributed by atoms with E-state index in [0.717, 1.165) is 0 Å². The maximum absolute atomic E-state index is 10.9. The molecule has 1 aromatic carbocycles. The molecule has 1 heterocycles. The van der Waals surface area contributed by atoms with Crippen molar-refractivity contribution < 1.29 is 9.66 Å². The van der Waals surface area contributed by atoms with Gasteiger partial charge in [-0.3, -0.25) is 15.5 Å². The number of nitro groups is 1. The molecule has 0 atom stereocenters. The minimum absolute atomic E-state index is 0.0501. The number of anilines is 1. The van der Waals surface area contributed by atoms with E-state index in [1.165, 1.54) is 24.4 Å². The van der Waals surface area contributed by atoms with Crippen molar-refractivity contribution in [2.45, 2.75) is 0 Å². The molecule has 0 aliphatic rings. The fourth-order valence-corrected chi connectivity index (χ4v) is 1.61. The smallest absolute Gasteiger partial charge is 0.311 e. The Morgan fingerprint density at radius 2 is 2.15 bits per heavy atom. The number of nitrogen functional groups attached to an aromatic ring is 1. The first-order chi connectivity index (χ1) is 9.51. The van der Waals surface area contributed by atoms with Gasteiger partial charge in [-0.15, -0.1) is 0 Å². The van der Waals surface area contributed by atoms with Crippen LogP contribution < -0.4 is 16.0 Å². The summed E-state index contributed by atoms with van der Waals surface area (Å²) < 4.78 is 5.32. The first-order valence-corrected chi connectivity index (χ1v) is 5.88. The summed E-state index contributed by atoms with van der Waals surface area (Å²) in [6.07, 6.45) is 1.25. The molecule has 0 saturated carbocycles. The highest BCUT2D eigenvalue weighted by Crippen LogP contribution is 2.35. The highest BCUT2D eigenvalue weighted by molar-refractivity contribution is 6.31. The molecule has 0 radical (unpaired) electrons. The summed E-state index contributed by atoms with van der Waals surface area (Å²) in [5, 5.41) is 11.3. The molecule has 10 heteroatoms. The Morgan fingerprint density at radius 1 is 1.40 bits per heavy atom. The summed E-state index contributed by atoms with van der Waals surface area (Å²) in [6, 6.07) is 3.88. The number of benzene rings is 1. The van der Waals surface area contributed by atoms with Crippen molar-refractivity contribution >= 4 is 34.8 Å². The number of rotatable bonds is 4. The number of nitrogens with zero attached hydrogens (tertiary/aromatic N) is 3. The number of ether oxygens (including phenoxy) is 1. The Kier molecular flexibility index (Phi) is 4.18. The van der Waals surface area contributed by atoms with Crippen LogP contribution in [0, 0.1) is 10.1 Å². The van der Waals surface area contributed by atoms with E-state index in [0.29, 0.717) is 0 Å². The van der Waals surface area contributed by atoms with Crippen LogP contribution in [0.2, 0.25) is 10.0 Å². The topological polar surface area (TPSA) is 116 Å². The molecule has 8 nitrogen and oxygen atoms in total. The van der Waals surface area contributed by atoms with Crippen LogP contribution in [-0.2, 0) is 0 Å². The van der Waals surface area contributed by atoms with E-state index in [1.807, 2.05) is 0 Å².